The number of ether oxygens (including phenoxy) is 2. The molecule has 14 heteroatoms. The van der Waals surface area contributed by atoms with Crippen LogP contribution in [0.2, 0.25) is 20.9 Å². The number of imidazole rings is 2. The summed E-state index contributed by atoms with van der Waals surface area (Å²) < 4.78 is 15.9. The van der Waals surface area contributed by atoms with Crippen molar-refractivity contribution in [2.24, 2.45) is 0 Å². The number of rotatable bonds is 10. The van der Waals surface area contributed by atoms with Crippen molar-refractivity contribution in [3.63, 3.8) is 0 Å². The van der Waals surface area contributed by atoms with Crippen molar-refractivity contribution in [2.45, 2.75) is 26.3 Å². The van der Waals surface area contributed by atoms with E-state index in [4.69, 9.17) is 55.9 Å². The van der Waals surface area contributed by atoms with Crippen LogP contribution in [0.15, 0.2) is 85.5 Å². The van der Waals surface area contributed by atoms with E-state index in [-0.39, 0.29) is 20.9 Å². The van der Waals surface area contributed by atoms with E-state index in [1.54, 1.807) is 12.7 Å². The lowest BCUT2D eigenvalue weighted by molar-refractivity contribution is 0.290. The summed E-state index contributed by atoms with van der Waals surface area (Å²) in [5.74, 6) is 1.43. The highest BCUT2D eigenvalue weighted by atomic mass is 35.5. The molecular formula is C32H22Cl4N8O2. The molecule has 10 nitrogen and oxygen atoms in total. The minimum Gasteiger partial charge on any atom is -0.489 e. The standard InChI is InChI=1S/C32H22Cl4N8O2/c33-27-25-29(41-31(35)39-27)43(17-37-25)13-19-4-8-21(9-5-19)15-45-23-2-1-3-24(12-23)46-16-22-10-6-20(7-11-22)14-44-18-38-26-28(34)40-32(36)42-30(26)44/h1-12,17-18H,13-16H2. The van der Waals surface area contributed by atoms with Crippen LogP contribution in [0, 0.1) is 0 Å². The molecule has 0 saturated heterocycles. The summed E-state index contributed by atoms with van der Waals surface area (Å²) in [6.45, 7) is 1.94. The molecule has 0 atom stereocenters. The highest BCUT2D eigenvalue weighted by Gasteiger charge is 2.13. The first-order valence-corrected chi connectivity index (χ1v) is 15.5. The van der Waals surface area contributed by atoms with Gasteiger partial charge in [-0.3, -0.25) is 0 Å². The first kappa shape index (κ1) is 30.2. The van der Waals surface area contributed by atoms with Gasteiger partial charge in [-0.2, -0.15) is 9.97 Å². The van der Waals surface area contributed by atoms with Crippen LogP contribution in [0.5, 0.6) is 11.5 Å². The fourth-order valence-electron chi connectivity index (χ4n) is 4.86. The summed E-state index contributed by atoms with van der Waals surface area (Å²) in [4.78, 5) is 25.0. The maximum absolute atomic E-state index is 6.14. The number of fused-ring (bicyclic) bond motifs is 2. The van der Waals surface area contributed by atoms with Crippen molar-refractivity contribution in [1.29, 1.82) is 0 Å². The molecule has 0 radical (unpaired) electrons. The van der Waals surface area contributed by atoms with Gasteiger partial charge in [0.15, 0.2) is 21.6 Å². The molecule has 4 aromatic heterocycles. The fraction of sp³-hybridized carbons (Fsp3) is 0.125. The van der Waals surface area contributed by atoms with Gasteiger partial charge in [-0.05, 0) is 57.6 Å². The molecule has 3 aromatic carbocycles. The summed E-state index contributed by atoms with van der Waals surface area (Å²) in [6, 6.07) is 23.9. The smallest absolute Gasteiger partial charge is 0.225 e. The highest BCUT2D eigenvalue weighted by molar-refractivity contribution is 6.35. The molecule has 0 amide bonds. The normalized spacial score (nSPS) is 11.4. The van der Waals surface area contributed by atoms with Gasteiger partial charge in [-0.25, -0.2) is 19.9 Å². The lowest BCUT2D eigenvalue weighted by Gasteiger charge is -2.11. The van der Waals surface area contributed by atoms with E-state index >= 15 is 0 Å². The minimum atomic E-state index is 0.0845. The van der Waals surface area contributed by atoms with Crippen LogP contribution in [-0.4, -0.2) is 39.0 Å². The van der Waals surface area contributed by atoms with Gasteiger partial charge in [0.1, 0.15) is 35.7 Å². The van der Waals surface area contributed by atoms with Crippen LogP contribution in [0.3, 0.4) is 0 Å². The fourth-order valence-corrected chi connectivity index (χ4v) is 5.71. The topological polar surface area (TPSA) is 106 Å². The van der Waals surface area contributed by atoms with Crippen LogP contribution in [0.1, 0.15) is 22.3 Å². The molecule has 46 heavy (non-hydrogen) atoms. The Balaban J connectivity index is 0.923. The molecule has 230 valence electrons. The van der Waals surface area contributed by atoms with Crippen molar-refractivity contribution < 1.29 is 9.47 Å². The second kappa shape index (κ2) is 13.1. The Labute approximate surface area is 282 Å². The van der Waals surface area contributed by atoms with E-state index < -0.39 is 0 Å². The molecule has 0 spiro atoms. The second-order valence-corrected chi connectivity index (χ2v) is 11.7. The second-order valence-electron chi connectivity index (χ2n) is 10.3. The van der Waals surface area contributed by atoms with E-state index in [2.05, 4.69) is 29.9 Å². The third kappa shape index (κ3) is 6.70. The number of benzene rings is 3. The molecule has 0 bridgehead atoms. The zero-order chi connectivity index (χ0) is 31.6. The molecule has 0 aliphatic rings. The zero-order valence-corrected chi connectivity index (χ0v) is 26.8. The van der Waals surface area contributed by atoms with Crippen molar-refractivity contribution >= 4 is 68.7 Å². The van der Waals surface area contributed by atoms with Gasteiger partial charge >= 0.3 is 0 Å². The third-order valence-electron chi connectivity index (χ3n) is 7.16. The Kier molecular flexibility index (Phi) is 8.59. The molecule has 0 aliphatic heterocycles. The van der Waals surface area contributed by atoms with Gasteiger partial charge in [0, 0.05) is 6.07 Å². The first-order chi connectivity index (χ1) is 22.4. The van der Waals surface area contributed by atoms with Crippen LogP contribution in [0.4, 0.5) is 0 Å². The van der Waals surface area contributed by atoms with E-state index in [1.807, 2.05) is 81.9 Å². The molecule has 0 saturated carbocycles. The molecular weight excluding hydrogens is 670 g/mol. The predicted octanol–water partition coefficient (Wildman–Crippen LogP) is 7.83. The largest absolute Gasteiger partial charge is 0.489 e. The van der Waals surface area contributed by atoms with E-state index in [0.29, 0.717) is 60.1 Å². The number of hydrogen-bond donors (Lipinski definition) is 0. The number of hydrogen-bond acceptors (Lipinski definition) is 8. The average molecular weight is 692 g/mol. The van der Waals surface area contributed by atoms with Crippen LogP contribution in [-0.2, 0) is 26.3 Å². The summed E-state index contributed by atoms with van der Waals surface area (Å²) in [5, 5.41) is 0.633. The van der Waals surface area contributed by atoms with Gasteiger partial charge < -0.3 is 18.6 Å². The van der Waals surface area contributed by atoms with Crippen LogP contribution >= 0.6 is 46.4 Å². The Hall–Kier alpha value is -4.48. The number of halogens is 4. The first-order valence-electron chi connectivity index (χ1n) is 14.0. The Bertz CT molecular complexity index is 2020. The number of nitrogens with zero attached hydrogens (tertiary/aromatic N) is 8. The molecule has 7 aromatic rings. The van der Waals surface area contributed by atoms with Crippen molar-refractivity contribution in [3.05, 3.63) is 129 Å². The lowest BCUT2D eigenvalue weighted by Crippen LogP contribution is -2.01. The van der Waals surface area contributed by atoms with E-state index in [9.17, 15) is 0 Å². The Morgan fingerprint density at radius 1 is 0.522 bits per heavy atom. The van der Waals surface area contributed by atoms with Crippen molar-refractivity contribution in [3.8, 4) is 11.5 Å². The van der Waals surface area contributed by atoms with Gasteiger partial charge in [0.2, 0.25) is 10.6 Å². The van der Waals surface area contributed by atoms with Gasteiger partial charge in [-0.15, -0.1) is 0 Å². The van der Waals surface area contributed by atoms with Crippen LogP contribution in [0.25, 0.3) is 22.3 Å². The summed E-state index contributed by atoms with van der Waals surface area (Å²) in [6.07, 6.45) is 3.36. The average Bonchev–Trinajstić information content (AvgIpc) is 3.64. The Morgan fingerprint density at radius 2 is 0.935 bits per heavy atom. The van der Waals surface area contributed by atoms with Gasteiger partial charge in [-0.1, -0.05) is 77.8 Å². The van der Waals surface area contributed by atoms with E-state index in [0.717, 1.165) is 22.3 Å². The number of aromatic nitrogens is 8. The Morgan fingerprint density at radius 3 is 1.37 bits per heavy atom. The summed E-state index contributed by atoms with van der Waals surface area (Å²) in [7, 11) is 0. The van der Waals surface area contributed by atoms with Gasteiger partial charge in [0.05, 0.1) is 25.7 Å². The maximum atomic E-state index is 6.14. The van der Waals surface area contributed by atoms with Crippen molar-refractivity contribution in [2.75, 3.05) is 0 Å². The monoisotopic (exact) mass is 690 g/mol. The molecule has 0 fully saturated rings. The quantitative estimate of drug-likeness (QED) is 0.106. The summed E-state index contributed by atoms with van der Waals surface area (Å²) >= 11 is 24.2. The molecule has 7 rings (SSSR count). The minimum absolute atomic E-state index is 0.0845. The predicted molar refractivity (Wildman–Crippen MR) is 177 cm³/mol. The lowest BCUT2D eigenvalue weighted by atomic mass is 10.1. The SMILES string of the molecule is Clc1nc(Cl)c2ncn(Cc3ccc(COc4cccc(OCc5ccc(Cn6cnc7c(Cl)nc(Cl)nc76)cc5)c4)cc3)c2n1. The highest BCUT2D eigenvalue weighted by Crippen LogP contribution is 2.24. The van der Waals surface area contributed by atoms with Crippen LogP contribution < -0.4 is 9.47 Å². The van der Waals surface area contributed by atoms with E-state index in [1.165, 1.54) is 0 Å². The molecule has 4 heterocycles. The molecule has 0 aliphatic carbocycles. The third-order valence-corrected chi connectivity index (χ3v) is 8.02. The molecule has 0 N–H and O–H groups in total. The summed E-state index contributed by atoms with van der Waals surface area (Å²) in [5.41, 5.74) is 6.40. The molecule has 0 unspecified atom stereocenters. The van der Waals surface area contributed by atoms with Crippen molar-refractivity contribution in [1.82, 2.24) is 39.0 Å². The van der Waals surface area contributed by atoms with Gasteiger partial charge in [0.25, 0.3) is 0 Å². The maximum Gasteiger partial charge on any atom is 0.225 e. The zero-order valence-electron chi connectivity index (χ0n) is 23.8.